The summed E-state index contributed by atoms with van der Waals surface area (Å²) in [7, 11) is -3.78. The van der Waals surface area contributed by atoms with E-state index >= 15 is 0 Å². The molecule has 0 spiro atoms. The normalized spacial score (nSPS) is 12.3. The SMILES string of the molecule is C.CC(C)(CS(=O)(=O)c1ccc(Oc2ccccc2)cc1)[C@H](OCc1ccncc1)C(=O)NO. The highest BCUT2D eigenvalue weighted by atomic mass is 32.2. The molecular weight excluding hydrogens is 456 g/mol. The zero-order valence-corrected chi connectivity index (χ0v) is 19.2. The Balaban J connectivity index is 0.00000408. The van der Waals surface area contributed by atoms with Gasteiger partial charge < -0.3 is 9.47 Å². The van der Waals surface area contributed by atoms with Crippen molar-refractivity contribution in [3.8, 4) is 11.5 Å². The molecule has 3 aromatic rings. The molecule has 8 nitrogen and oxygen atoms in total. The van der Waals surface area contributed by atoms with E-state index in [1.807, 2.05) is 18.2 Å². The monoisotopic (exact) mass is 486 g/mol. The highest BCUT2D eigenvalue weighted by molar-refractivity contribution is 7.91. The largest absolute Gasteiger partial charge is 0.457 e. The molecule has 0 radical (unpaired) electrons. The first kappa shape index (κ1) is 27.0. The van der Waals surface area contributed by atoms with Crippen LogP contribution in [-0.4, -0.2) is 36.4 Å². The Labute approximate surface area is 200 Å². The highest BCUT2D eigenvalue weighted by Crippen LogP contribution is 2.30. The molecule has 1 amide bonds. The molecule has 0 aliphatic carbocycles. The zero-order chi connectivity index (χ0) is 23.9. The van der Waals surface area contributed by atoms with Crippen LogP contribution in [0.15, 0.2) is 84.0 Å². The third kappa shape index (κ3) is 7.11. The number of hydrogen-bond donors (Lipinski definition) is 2. The van der Waals surface area contributed by atoms with Crippen molar-refractivity contribution >= 4 is 15.7 Å². The molecule has 1 atom stereocenters. The van der Waals surface area contributed by atoms with E-state index in [9.17, 15) is 18.4 Å². The summed E-state index contributed by atoms with van der Waals surface area (Å²) >= 11 is 0. The summed E-state index contributed by atoms with van der Waals surface area (Å²) in [4.78, 5) is 16.3. The number of carbonyl (C=O) groups excluding carboxylic acids is 1. The second-order valence-corrected chi connectivity index (χ2v) is 10.1. The van der Waals surface area contributed by atoms with Crippen molar-refractivity contribution in [3.05, 3.63) is 84.7 Å². The number of amides is 1. The fourth-order valence-corrected chi connectivity index (χ4v) is 5.21. The number of para-hydroxylation sites is 1. The molecule has 0 aliphatic rings. The Hall–Kier alpha value is -3.27. The lowest BCUT2D eigenvalue weighted by Gasteiger charge is -2.32. The molecule has 0 saturated heterocycles. The number of hydrogen-bond acceptors (Lipinski definition) is 7. The molecule has 1 aromatic heterocycles. The average Bonchev–Trinajstić information content (AvgIpc) is 2.80. The van der Waals surface area contributed by atoms with Crippen LogP contribution in [0, 0.1) is 5.41 Å². The van der Waals surface area contributed by atoms with E-state index in [2.05, 4.69) is 4.98 Å². The summed E-state index contributed by atoms with van der Waals surface area (Å²) in [5.74, 6) is -0.0696. The van der Waals surface area contributed by atoms with Crippen molar-refractivity contribution in [2.45, 2.75) is 38.9 Å². The van der Waals surface area contributed by atoms with Gasteiger partial charge in [-0.25, -0.2) is 13.9 Å². The van der Waals surface area contributed by atoms with E-state index in [-0.39, 0.29) is 24.7 Å². The van der Waals surface area contributed by atoms with Crippen molar-refractivity contribution in [2.75, 3.05) is 5.75 Å². The fourth-order valence-electron chi connectivity index (χ4n) is 3.36. The maximum Gasteiger partial charge on any atom is 0.273 e. The molecule has 2 N–H and O–H groups in total. The van der Waals surface area contributed by atoms with Gasteiger partial charge in [-0.15, -0.1) is 0 Å². The minimum atomic E-state index is -3.78. The number of ether oxygens (including phenoxy) is 2. The van der Waals surface area contributed by atoms with E-state index in [1.165, 1.54) is 12.1 Å². The Morgan fingerprint density at radius 1 is 1.00 bits per heavy atom. The minimum absolute atomic E-state index is 0. The molecule has 0 bridgehead atoms. The van der Waals surface area contributed by atoms with Gasteiger partial charge in [-0.1, -0.05) is 39.5 Å². The number of aromatic nitrogens is 1. The van der Waals surface area contributed by atoms with E-state index in [1.54, 1.807) is 68.1 Å². The van der Waals surface area contributed by atoms with Crippen LogP contribution in [0.25, 0.3) is 0 Å². The van der Waals surface area contributed by atoms with E-state index < -0.39 is 27.3 Å². The van der Waals surface area contributed by atoms with Gasteiger partial charge in [-0.3, -0.25) is 15.0 Å². The van der Waals surface area contributed by atoms with Crippen molar-refractivity contribution in [1.82, 2.24) is 10.5 Å². The molecule has 0 aliphatic heterocycles. The molecule has 0 unspecified atom stereocenters. The number of nitrogens with one attached hydrogen (secondary N) is 1. The van der Waals surface area contributed by atoms with Gasteiger partial charge in [0.1, 0.15) is 17.6 Å². The molecule has 1 heterocycles. The average molecular weight is 487 g/mol. The quantitative estimate of drug-likeness (QED) is 0.322. The lowest BCUT2D eigenvalue weighted by atomic mass is 9.88. The number of carbonyl (C=O) groups is 1. The predicted molar refractivity (Wildman–Crippen MR) is 128 cm³/mol. The number of sulfone groups is 1. The molecule has 34 heavy (non-hydrogen) atoms. The molecular formula is C25H30N2O6S. The Bertz CT molecular complexity index is 1150. The van der Waals surface area contributed by atoms with Crippen LogP contribution in [0.3, 0.4) is 0 Å². The lowest BCUT2D eigenvalue weighted by Crippen LogP contribution is -2.47. The molecule has 0 fully saturated rings. The molecule has 0 saturated carbocycles. The van der Waals surface area contributed by atoms with Gasteiger partial charge >= 0.3 is 0 Å². The maximum atomic E-state index is 13.1. The van der Waals surface area contributed by atoms with Gasteiger partial charge in [0.25, 0.3) is 5.91 Å². The highest BCUT2D eigenvalue weighted by Gasteiger charge is 2.40. The smallest absolute Gasteiger partial charge is 0.273 e. The van der Waals surface area contributed by atoms with Crippen LogP contribution in [0.5, 0.6) is 11.5 Å². The number of rotatable bonds is 10. The minimum Gasteiger partial charge on any atom is -0.457 e. The second kappa shape index (κ2) is 11.7. The molecule has 9 heteroatoms. The third-order valence-corrected chi connectivity index (χ3v) is 7.06. The van der Waals surface area contributed by atoms with Gasteiger partial charge in [-0.2, -0.15) is 0 Å². The summed E-state index contributed by atoms with van der Waals surface area (Å²) in [6.45, 7) is 3.25. The van der Waals surface area contributed by atoms with Gasteiger partial charge in [0.15, 0.2) is 9.84 Å². The topological polar surface area (TPSA) is 115 Å². The third-order valence-electron chi connectivity index (χ3n) is 4.95. The number of nitrogens with zero attached hydrogens (tertiary/aromatic N) is 1. The van der Waals surface area contributed by atoms with Gasteiger partial charge in [0.05, 0.1) is 17.3 Å². The molecule has 2 aromatic carbocycles. The van der Waals surface area contributed by atoms with Crippen molar-refractivity contribution in [1.29, 1.82) is 0 Å². The first-order valence-corrected chi connectivity index (χ1v) is 11.9. The van der Waals surface area contributed by atoms with Gasteiger partial charge in [0.2, 0.25) is 0 Å². The Morgan fingerprint density at radius 3 is 2.18 bits per heavy atom. The summed E-state index contributed by atoms with van der Waals surface area (Å²) in [6.07, 6.45) is 1.95. The van der Waals surface area contributed by atoms with Crippen LogP contribution < -0.4 is 10.2 Å². The van der Waals surface area contributed by atoms with Crippen LogP contribution in [0.1, 0.15) is 26.8 Å². The van der Waals surface area contributed by atoms with Crippen molar-refractivity contribution < 1.29 is 27.9 Å². The van der Waals surface area contributed by atoms with Crippen LogP contribution in [-0.2, 0) is 26.0 Å². The molecule has 3 rings (SSSR count). The van der Waals surface area contributed by atoms with Gasteiger partial charge in [-0.05, 0) is 54.1 Å². The van der Waals surface area contributed by atoms with E-state index in [4.69, 9.17) is 9.47 Å². The van der Waals surface area contributed by atoms with Crippen molar-refractivity contribution in [2.24, 2.45) is 5.41 Å². The number of hydroxylamine groups is 1. The van der Waals surface area contributed by atoms with Crippen LogP contribution >= 0.6 is 0 Å². The number of pyridine rings is 1. The second-order valence-electron chi connectivity index (χ2n) is 8.16. The van der Waals surface area contributed by atoms with E-state index in [0.717, 1.165) is 5.56 Å². The maximum absolute atomic E-state index is 13.1. The summed E-state index contributed by atoms with van der Waals surface area (Å²) in [5, 5.41) is 9.18. The summed E-state index contributed by atoms with van der Waals surface area (Å²) < 4.78 is 37.7. The Morgan fingerprint density at radius 2 is 1.59 bits per heavy atom. The first-order valence-electron chi connectivity index (χ1n) is 10.2. The van der Waals surface area contributed by atoms with Crippen LogP contribution in [0.2, 0.25) is 0 Å². The summed E-state index contributed by atoms with van der Waals surface area (Å²) in [5.41, 5.74) is 1.18. The van der Waals surface area contributed by atoms with Crippen molar-refractivity contribution in [3.63, 3.8) is 0 Å². The zero-order valence-electron chi connectivity index (χ0n) is 18.3. The number of benzene rings is 2. The lowest BCUT2D eigenvalue weighted by molar-refractivity contribution is -0.149. The first-order chi connectivity index (χ1) is 15.7. The fraction of sp³-hybridized carbons (Fsp3) is 0.280. The standard InChI is InChI=1S/C24H26N2O6S.CH4/c1-24(2,22(23(27)26-28)31-16-18-12-14-25-15-13-18)17-33(29,30)21-10-8-20(9-11-21)32-19-6-4-3-5-7-19;/h3-15,22,28H,16-17H2,1-2H3,(H,26,27);1H4/t22-;/m1./s1. The molecule has 182 valence electrons. The van der Waals surface area contributed by atoms with Crippen LogP contribution in [0.4, 0.5) is 0 Å². The van der Waals surface area contributed by atoms with E-state index in [0.29, 0.717) is 11.5 Å². The van der Waals surface area contributed by atoms with Gasteiger partial charge in [0, 0.05) is 17.8 Å². The summed E-state index contributed by atoms with van der Waals surface area (Å²) in [6, 6.07) is 18.7. The Kier molecular flexibility index (Phi) is 9.31. The predicted octanol–water partition coefficient (Wildman–Crippen LogP) is 4.40.